The lowest BCUT2D eigenvalue weighted by Gasteiger charge is -2.30. The zero-order valence-electron chi connectivity index (χ0n) is 60.0. The fourth-order valence-electron chi connectivity index (χ4n) is 12.1. The summed E-state index contributed by atoms with van der Waals surface area (Å²) >= 11 is 0. The molecule has 0 radical (unpaired) electrons. The van der Waals surface area contributed by atoms with Crippen molar-refractivity contribution >= 4 is 19.7 Å². The van der Waals surface area contributed by atoms with Crippen LogP contribution in [0.2, 0.25) is 0 Å². The van der Waals surface area contributed by atoms with Crippen molar-refractivity contribution in [1.82, 2.24) is 5.32 Å². The molecule has 0 spiro atoms. The van der Waals surface area contributed by atoms with Crippen LogP contribution in [0.25, 0.3) is 0 Å². The van der Waals surface area contributed by atoms with Crippen molar-refractivity contribution in [2.24, 2.45) is 0 Å². The molecule has 0 aromatic rings. The van der Waals surface area contributed by atoms with Gasteiger partial charge in [0.2, 0.25) is 5.91 Å². The van der Waals surface area contributed by atoms with Crippen molar-refractivity contribution in [2.45, 2.75) is 425 Å². The lowest BCUT2D eigenvalue weighted by atomic mass is 10.0. The number of hydrogen-bond acceptors (Lipinski definition) is 7. The van der Waals surface area contributed by atoms with Crippen molar-refractivity contribution in [1.29, 1.82) is 0 Å². The maximum absolute atomic E-state index is 13.6. The Hall–Kier alpha value is -1.51. The Morgan fingerprint density at radius 2 is 0.659 bits per heavy atom. The van der Waals surface area contributed by atoms with Gasteiger partial charge in [-0.05, 0) is 57.4 Å². The molecule has 9 nitrogen and oxygen atoms in total. The summed E-state index contributed by atoms with van der Waals surface area (Å²) in [6, 6.07) is -0.884. The van der Waals surface area contributed by atoms with Crippen molar-refractivity contribution in [3.8, 4) is 0 Å². The average Bonchev–Trinajstić information content (AvgIpc) is 3.71. The molecule has 88 heavy (non-hydrogen) atoms. The molecular weight excluding hydrogens is 1110 g/mol. The SMILES string of the molecule is CCCCCCCC/C=C/CCCCCCCCCCCCCCCC(=O)OC(/C=C/CCCCCCCCCCCC)C(COP(=O)([O-])OCC[N+](C)(C)C)NC(=O)CCCCCCCCCCCCCCCCCCCCCCCCCCCCC. The van der Waals surface area contributed by atoms with Crippen LogP contribution in [0.15, 0.2) is 24.3 Å². The second kappa shape index (κ2) is 68.4. The molecule has 522 valence electrons. The number of hydrogen-bond donors (Lipinski definition) is 1. The molecule has 0 aromatic carbocycles. The fraction of sp³-hybridized carbons (Fsp3) is 0.923. The number of esters is 1. The number of phosphoric ester groups is 1. The fourth-order valence-corrected chi connectivity index (χ4v) is 12.8. The number of unbranched alkanes of at least 4 members (excludes halogenated alkanes) is 55. The summed E-state index contributed by atoms with van der Waals surface area (Å²) in [4.78, 5) is 40.3. The van der Waals surface area contributed by atoms with E-state index < -0.39 is 20.0 Å². The highest BCUT2D eigenvalue weighted by molar-refractivity contribution is 7.45. The Balaban J connectivity index is 4.90. The van der Waals surface area contributed by atoms with E-state index in [1.807, 2.05) is 33.3 Å². The van der Waals surface area contributed by atoms with E-state index in [-0.39, 0.29) is 31.5 Å². The maximum Gasteiger partial charge on any atom is 0.306 e. The van der Waals surface area contributed by atoms with E-state index in [9.17, 15) is 19.0 Å². The predicted octanol–water partition coefficient (Wildman–Crippen LogP) is 24.6. The molecule has 3 unspecified atom stereocenters. The smallest absolute Gasteiger partial charge is 0.306 e. The first kappa shape index (κ1) is 86.5. The molecule has 1 N–H and O–H groups in total. The van der Waals surface area contributed by atoms with Crippen LogP contribution < -0.4 is 10.2 Å². The number of nitrogens with zero attached hydrogens (tertiary/aromatic N) is 1. The first-order valence-corrected chi connectivity index (χ1v) is 40.6. The van der Waals surface area contributed by atoms with Gasteiger partial charge < -0.3 is 28.5 Å². The number of nitrogens with one attached hydrogen (secondary N) is 1. The van der Waals surface area contributed by atoms with Gasteiger partial charge >= 0.3 is 5.97 Å². The summed E-state index contributed by atoms with van der Waals surface area (Å²) in [5, 5.41) is 3.06. The average molecular weight is 1260 g/mol. The number of amides is 1. The van der Waals surface area contributed by atoms with Gasteiger partial charge in [0, 0.05) is 12.8 Å². The summed E-state index contributed by atoms with van der Waals surface area (Å²) in [5.41, 5.74) is 0. The molecule has 1 amide bonds. The van der Waals surface area contributed by atoms with Gasteiger partial charge in [-0.3, -0.25) is 14.2 Å². The highest BCUT2D eigenvalue weighted by atomic mass is 31.2. The number of carbonyl (C=O) groups excluding carboxylic acids is 2. The second-order valence-corrected chi connectivity index (χ2v) is 29.6. The van der Waals surface area contributed by atoms with Crippen LogP contribution in [0.5, 0.6) is 0 Å². The summed E-state index contributed by atoms with van der Waals surface area (Å²) in [6.45, 7) is 6.92. The van der Waals surface area contributed by atoms with Gasteiger partial charge in [-0.1, -0.05) is 366 Å². The first-order valence-electron chi connectivity index (χ1n) is 39.1. The molecule has 0 saturated heterocycles. The number of carbonyl (C=O) groups is 2. The Labute approximate surface area is 549 Å². The molecule has 3 atom stereocenters. The summed E-state index contributed by atoms with van der Waals surface area (Å²) < 4.78 is 30.5. The number of likely N-dealkylation sites (N-methyl/N-ethyl adjacent to an activating group) is 1. The number of quaternary nitrogens is 1. The van der Waals surface area contributed by atoms with E-state index in [2.05, 4.69) is 38.2 Å². The van der Waals surface area contributed by atoms with Crippen LogP contribution in [-0.4, -0.2) is 69.4 Å². The van der Waals surface area contributed by atoms with E-state index in [0.717, 1.165) is 57.8 Å². The number of ether oxygens (including phenoxy) is 1. The van der Waals surface area contributed by atoms with E-state index in [4.69, 9.17) is 13.8 Å². The number of allylic oxidation sites excluding steroid dienone is 3. The lowest BCUT2D eigenvalue weighted by molar-refractivity contribution is -0.870. The van der Waals surface area contributed by atoms with Gasteiger partial charge in [0.25, 0.3) is 7.82 Å². The van der Waals surface area contributed by atoms with Gasteiger partial charge in [-0.15, -0.1) is 0 Å². The van der Waals surface area contributed by atoms with Crippen LogP contribution in [0.1, 0.15) is 412 Å². The molecule has 0 rings (SSSR count). The summed E-state index contributed by atoms with van der Waals surface area (Å²) in [6.07, 6.45) is 84.7. The predicted molar refractivity (Wildman–Crippen MR) is 381 cm³/mol. The zero-order chi connectivity index (χ0) is 64.2. The van der Waals surface area contributed by atoms with Crippen molar-refractivity contribution in [2.75, 3.05) is 40.9 Å². The van der Waals surface area contributed by atoms with E-state index in [0.29, 0.717) is 17.4 Å². The van der Waals surface area contributed by atoms with Gasteiger partial charge in [0.1, 0.15) is 19.3 Å². The van der Waals surface area contributed by atoms with Gasteiger partial charge in [-0.2, -0.15) is 0 Å². The number of phosphoric acid groups is 1. The minimum Gasteiger partial charge on any atom is -0.756 e. The molecule has 0 bridgehead atoms. The Morgan fingerprint density at radius 1 is 0.386 bits per heavy atom. The third-order valence-corrected chi connectivity index (χ3v) is 19.1. The molecule has 0 saturated carbocycles. The monoisotopic (exact) mass is 1260 g/mol. The molecule has 0 aliphatic carbocycles. The maximum atomic E-state index is 13.6. The van der Waals surface area contributed by atoms with Crippen molar-refractivity contribution in [3.63, 3.8) is 0 Å². The molecule has 0 aromatic heterocycles. The largest absolute Gasteiger partial charge is 0.756 e. The van der Waals surface area contributed by atoms with Crippen LogP contribution in [-0.2, 0) is 27.9 Å². The Kier molecular flexibility index (Phi) is 67.2. The van der Waals surface area contributed by atoms with Crippen LogP contribution in [0, 0.1) is 0 Å². The normalized spacial score (nSPS) is 13.5. The minimum absolute atomic E-state index is 0.0177. The Bertz CT molecular complexity index is 1550. The molecule has 0 aliphatic heterocycles. The summed E-state index contributed by atoms with van der Waals surface area (Å²) in [5.74, 6) is -0.514. The van der Waals surface area contributed by atoms with E-state index >= 15 is 0 Å². The topological polar surface area (TPSA) is 114 Å². The van der Waals surface area contributed by atoms with E-state index in [1.165, 1.54) is 321 Å². The second-order valence-electron chi connectivity index (χ2n) is 28.2. The molecule has 0 heterocycles. The first-order chi connectivity index (χ1) is 42.9. The van der Waals surface area contributed by atoms with Crippen LogP contribution >= 0.6 is 7.82 Å². The number of rotatable bonds is 73. The molecular formula is C78H153N2O7P. The highest BCUT2D eigenvalue weighted by Gasteiger charge is 2.27. The van der Waals surface area contributed by atoms with Gasteiger partial charge in [0.05, 0.1) is 33.8 Å². The molecule has 0 aliphatic rings. The van der Waals surface area contributed by atoms with Crippen molar-refractivity contribution < 1.29 is 37.3 Å². The quantitative estimate of drug-likeness (QED) is 0.0212. The van der Waals surface area contributed by atoms with Crippen molar-refractivity contribution in [3.05, 3.63) is 24.3 Å². The minimum atomic E-state index is -4.70. The Morgan fingerprint density at radius 3 is 0.966 bits per heavy atom. The standard InChI is InChI=1S/C78H153N2O7P/c1-7-10-13-16-19-22-25-28-30-32-34-36-38-39-40-41-43-44-46-48-50-52-55-58-61-64-67-70-77(81)79-75(74-86-88(83,84)85-73-72-80(4,5)6)76(69-66-63-60-57-54-27-24-21-18-15-12-9-3)87-78(82)71-68-65-62-59-56-53-51-49-47-45-42-37-35-33-31-29-26-23-20-17-14-11-8-2/h29,31,66,69,75-76H,7-28,30,32-65,67-68,70-74H2,1-6H3,(H-,79,81,83,84)/b31-29+,69-66+. The lowest BCUT2D eigenvalue weighted by Crippen LogP contribution is -2.47. The van der Waals surface area contributed by atoms with Gasteiger partial charge in [0.15, 0.2) is 0 Å². The third kappa shape index (κ3) is 68.8. The van der Waals surface area contributed by atoms with E-state index in [1.54, 1.807) is 0 Å². The molecule has 10 heteroatoms. The van der Waals surface area contributed by atoms with Gasteiger partial charge in [-0.25, -0.2) is 0 Å². The van der Waals surface area contributed by atoms with Crippen LogP contribution in [0.3, 0.4) is 0 Å². The summed E-state index contributed by atoms with van der Waals surface area (Å²) in [7, 11) is 1.21. The highest BCUT2D eigenvalue weighted by Crippen LogP contribution is 2.38. The third-order valence-electron chi connectivity index (χ3n) is 18.1. The zero-order valence-corrected chi connectivity index (χ0v) is 60.9. The van der Waals surface area contributed by atoms with Crippen LogP contribution in [0.4, 0.5) is 0 Å². The molecule has 0 fully saturated rings.